The molecule has 148 valence electrons. The molecule has 0 radical (unpaired) electrons. The Morgan fingerprint density at radius 3 is 2.32 bits per heavy atom. The van der Waals surface area contributed by atoms with Gasteiger partial charge in [0.1, 0.15) is 0 Å². The summed E-state index contributed by atoms with van der Waals surface area (Å²) in [6, 6.07) is 16.7. The molecular weight excluding hydrogens is 372 g/mol. The molecule has 4 rings (SSSR count). The van der Waals surface area contributed by atoms with Crippen molar-refractivity contribution in [2.24, 2.45) is 5.92 Å². The molecule has 0 aromatic heterocycles. The fourth-order valence-electron chi connectivity index (χ4n) is 4.49. The predicted molar refractivity (Wildman–Crippen MR) is 110 cm³/mol. The van der Waals surface area contributed by atoms with Crippen molar-refractivity contribution in [2.75, 3.05) is 5.32 Å². The van der Waals surface area contributed by atoms with Crippen molar-refractivity contribution in [3.05, 3.63) is 60.2 Å². The highest BCUT2D eigenvalue weighted by Crippen LogP contribution is 2.33. The van der Waals surface area contributed by atoms with Gasteiger partial charge in [0.25, 0.3) is 0 Å². The first-order chi connectivity index (χ1) is 13.5. The van der Waals surface area contributed by atoms with E-state index in [1.54, 1.807) is 48.5 Å². The number of fused-ring (bicyclic) bond motifs is 2. The van der Waals surface area contributed by atoms with E-state index in [0.717, 1.165) is 12.8 Å². The van der Waals surface area contributed by atoms with Crippen LogP contribution in [0.3, 0.4) is 0 Å². The Morgan fingerprint density at radius 2 is 1.61 bits per heavy atom. The van der Waals surface area contributed by atoms with Crippen molar-refractivity contribution in [1.29, 1.82) is 0 Å². The number of rotatable bonds is 6. The second-order valence-electron chi connectivity index (χ2n) is 7.96. The first-order valence-electron chi connectivity index (χ1n) is 9.91. The third-order valence-electron chi connectivity index (χ3n) is 5.78. The molecular formula is C22H26N2O3S. The van der Waals surface area contributed by atoms with Crippen LogP contribution in [0.2, 0.25) is 0 Å². The van der Waals surface area contributed by atoms with Crippen LogP contribution in [-0.4, -0.2) is 26.4 Å². The van der Waals surface area contributed by atoms with Crippen molar-refractivity contribution < 1.29 is 13.2 Å². The second kappa shape index (κ2) is 8.05. The number of hydrogen-bond donors (Lipinski definition) is 2. The van der Waals surface area contributed by atoms with E-state index in [2.05, 4.69) is 10.6 Å². The SMILES string of the molecule is O=C(CC1CC2CCC(C1)N2)Nc1ccccc1CS(=O)(=O)c1ccccc1. The first-order valence-corrected chi connectivity index (χ1v) is 11.6. The molecule has 2 bridgehead atoms. The molecule has 6 heteroatoms. The number of hydrogen-bond acceptors (Lipinski definition) is 4. The van der Waals surface area contributed by atoms with Gasteiger partial charge in [-0.2, -0.15) is 0 Å². The van der Waals surface area contributed by atoms with Crippen molar-refractivity contribution in [3.8, 4) is 0 Å². The van der Waals surface area contributed by atoms with Gasteiger partial charge in [-0.3, -0.25) is 4.79 Å². The molecule has 1 amide bonds. The molecule has 2 unspecified atom stereocenters. The zero-order valence-corrected chi connectivity index (χ0v) is 16.6. The van der Waals surface area contributed by atoms with Crippen LogP contribution in [-0.2, 0) is 20.4 Å². The molecule has 2 aliphatic heterocycles. The Kier molecular flexibility index (Phi) is 5.51. The number of para-hydroxylation sites is 1. The number of amides is 1. The van der Waals surface area contributed by atoms with Crippen LogP contribution >= 0.6 is 0 Å². The molecule has 0 spiro atoms. The number of benzene rings is 2. The van der Waals surface area contributed by atoms with Crippen molar-refractivity contribution in [1.82, 2.24) is 5.32 Å². The molecule has 2 aromatic rings. The van der Waals surface area contributed by atoms with E-state index in [9.17, 15) is 13.2 Å². The summed E-state index contributed by atoms with van der Waals surface area (Å²) in [6.45, 7) is 0. The lowest BCUT2D eigenvalue weighted by Crippen LogP contribution is -2.39. The monoisotopic (exact) mass is 398 g/mol. The number of piperidine rings is 1. The summed E-state index contributed by atoms with van der Waals surface area (Å²) in [5.74, 6) is 0.236. The number of sulfone groups is 1. The van der Waals surface area contributed by atoms with E-state index < -0.39 is 9.84 Å². The molecule has 2 fully saturated rings. The van der Waals surface area contributed by atoms with Gasteiger partial charge in [-0.1, -0.05) is 36.4 Å². The van der Waals surface area contributed by atoms with Gasteiger partial charge in [0.05, 0.1) is 10.6 Å². The predicted octanol–water partition coefficient (Wildman–Crippen LogP) is 3.52. The smallest absolute Gasteiger partial charge is 0.224 e. The molecule has 2 saturated heterocycles. The normalized spacial score (nSPS) is 24.1. The van der Waals surface area contributed by atoms with Crippen molar-refractivity contribution in [3.63, 3.8) is 0 Å². The number of nitrogens with one attached hydrogen (secondary N) is 2. The van der Waals surface area contributed by atoms with Crippen LogP contribution < -0.4 is 10.6 Å². The van der Waals surface area contributed by atoms with E-state index in [-0.39, 0.29) is 11.7 Å². The minimum absolute atomic E-state index is 0.0316. The molecule has 5 nitrogen and oxygen atoms in total. The van der Waals surface area contributed by atoms with Gasteiger partial charge in [0.2, 0.25) is 5.91 Å². The molecule has 2 aliphatic rings. The Labute approximate surface area is 166 Å². The molecule has 2 heterocycles. The van der Waals surface area contributed by atoms with Gasteiger partial charge in [-0.25, -0.2) is 8.42 Å². The minimum atomic E-state index is -3.46. The zero-order valence-electron chi connectivity index (χ0n) is 15.8. The van der Waals surface area contributed by atoms with Crippen LogP contribution in [0.15, 0.2) is 59.5 Å². The van der Waals surface area contributed by atoms with Crippen molar-refractivity contribution >= 4 is 21.4 Å². The lowest BCUT2D eigenvalue weighted by molar-refractivity contribution is -0.117. The van der Waals surface area contributed by atoms with Crippen LogP contribution in [0.5, 0.6) is 0 Å². The summed E-state index contributed by atoms with van der Waals surface area (Å²) < 4.78 is 25.4. The van der Waals surface area contributed by atoms with Gasteiger partial charge < -0.3 is 10.6 Å². The summed E-state index contributed by atoms with van der Waals surface area (Å²) in [4.78, 5) is 12.9. The summed E-state index contributed by atoms with van der Waals surface area (Å²) in [5.41, 5.74) is 1.20. The minimum Gasteiger partial charge on any atom is -0.326 e. The Bertz CT molecular complexity index is 931. The maximum absolute atomic E-state index is 12.7. The number of carbonyl (C=O) groups excluding carboxylic acids is 1. The molecule has 2 aromatic carbocycles. The Balaban J connectivity index is 1.43. The molecule has 28 heavy (non-hydrogen) atoms. The molecule has 2 N–H and O–H groups in total. The molecule has 0 saturated carbocycles. The fraction of sp³-hybridized carbons (Fsp3) is 0.409. The molecule has 2 atom stereocenters. The Morgan fingerprint density at radius 1 is 0.964 bits per heavy atom. The average molecular weight is 399 g/mol. The van der Waals surface area contributed by atoms with E-state index >= 15 is 0 Å². The third-order valence-corrected chi connectivity index (χ3v) is 7.47. The lowest BCUT2D eigenvalue weighted by Gasteiger charge is -2.28. The van der Waals surface area contributed by atoms with Gasteiger partial charge in [-0.15, -0.1) is 0 Å². The molecule has 0 aliphatic carbocycles. The van der Waals surface area contributed by atoms with Gasteiger partial charge in [-0.05, 0) is 55.4 Å². The van der Waals surface area contributed by atoms with Gasteiger partial charge in [0.15, 0.2) is 9.84 Å². The quantitative estimate of drug-likeness (QED) is 0.781. The summed E-state index contributed by atoms with van der Waals surface area (Å²) >= 11 is 0. The highest BCUT2D eigenvalue weighted by atomic mass is 32.2. The first kappa shape index (κ1) is 19.2. The lowest BCUT2D eigenvalue weighted by atomic mass is 9.89. The van der Waals surface area contributed by atoms with Crippen LogP contribution in [0.1, 0.15) is 37.7 Å². The summed E-state index contributed by atoms with van der Waals surface area (Å²) in [7, 11) is -3.46. The maximum atomic E-state index is 12.7. The summed E-state index contributed by atoms with van der Waals surface area (Å²) in [6.07, 6.45) is 5.02. The highest BCUT2D eigenvalue weighted by molar-refractivity contribution is 7.90. The largest absolute Gasteiger partial charge is 0.326 e. The Hall–Kier alpha value is -2.18. The number of anilines is 1. The standard InChI is InChI=1S/C22H26N2O3S/c25-22(14-16-12-18-10-11-19(13-16)23-18)24-21-9-5-4-6-17(21)15-28(26,27)20-7-2-1-3-8-20/h1-9,16,18-19,23H,10-15H2,(H,24,25). The average Bonchev–Trinajstić information content (AvgIpc) is 3.02. The second-order valence-corrected chi connectivity index (χ2v) is 9.95. The van der Waals surface area contributed by atoms with E-state index in [1.807, 2.05) is 6.07 Å². The van der Waals surface area contributed by atoms with Crippen LogP contribution in [0.4, 0.5) is 5.69 Å². The zero-order chi connectivity index (χ0) is 19.6. The third kappa shape index (κ3) is 4.45. The van der Waals surface area contributed by atoms with Crippen LogP contribution in [0.25, 0.3) is 0 Å². The van der Waals surface area contributed by atoms with Gasteiger partial charge >= 0.3 is 0 Å². The summed E-state index contributed by atoms with van der Waals surface area (Å²) in [5, 5.41) is 6.55. The van der Waals surface area contributed by atoms with E-state index in [4.69, 9.17) is 0 Å². The highest BCUT2D eigenvalue weighted by Gasteiger charge is 2.34. The fourth-order valence-corrected chi connectivity index (χ4v) is 5.89. The topological polar surface area (TPSA) is 75.3 Å². The maximum Gasteiger partial charge on any atom is 0.224 e. The van der Waals surface area contributed by atoms with Crippen molar-refractivity contribution in [2.45, 2.75) is 54.8 Å². The van der Waals surface area contributed by atoms with E-state index in [0.29, 0.717) is 40.6 Å². The van der Waals surface area contributed by atoms with Gasteiger partial charge in [0, 0.05) is 24.2 Å². The number of carbonyl (C=O) groups is 1. The van der Waals surface area contributed by atoms with E-state index in [1.165, 1.54) is 12.8 Å². The van der Waals surface area contributed by atoms with Crippen LogP contribution in [0, 0.1) is 5.92 Å².